The van der Waals surface area contributed by atoms with Crippen molar-refractivity contribution in [2.75, 3.05) is 39.4 Å². The average Bonchev–Trinajstić information content (AvgIpc) is 2.47. The number of aliphatic imine (C=N–C) groups is 1. The Morgan fingerprint density at radius 1 is 1.29 bits per heavy atom. The van der Waals surface area contributed by atoms with Gasteiger partial charge in [0.05, 0.1) is 0 Å². The fourth-order valence-electron chi connectivity index (χ4n) is 2.37. The Kier molecular flexibility index (Phi) is 9.02. The Hall–Kier alpha value is -1.13. The van der Waals surface area contributed by atoms with Gasteiger partial charge < -0.3 is 15.1 Å². The SMILES string of the molecule is CCN(CC)CCCNCC/C=C\N1CN=C(C)C=C1C. The summed E-state index contributed by atoms with van der Waals surface area (Å²) in [4.78, 5) is 9.08. The van der Waals surface area contributed by atoms with E-state index in [2.05, 4.69) is 59.2 Å². The lowest BCUT2D eigenvalue weighted by Gasteiger charge is -2.22. The zero-order valence-electron chi connectivity index (χ0n) is 14.2. The molecule has 0 bridgehead atoms. The molecule has 21 heavy (non-hydrogen) atoms. The first-order valence-corrected chi connectivity index (χ1v) is 8.23. The highest BCUT2D eigenvalue weighted by atomic mass is 15.2. The molecule has 1 heterocycles. The van der Waals surface area contributed by atoms with Crippen molar-refractivity contribution in [1.82, 2.24) is 15.1 Å². The van der Waals surface area contributed by atoms with Crippen LogP contribution in [0.15, 0.2) is 29.0 Å². The quantitative estimate of drug-likeness (QED) is 0.628. The molecule has 1 N–H and O–H groups in total. The summed E-state index contributed by atoms with van der Waals surface area (Å²) >= 11 is 0. The smallest absolute Gasteiger partial charge is 0.114 e. The van der Waals surface area contributed by atoms with E-state index in [1.54, 1.807) is 0 Å². The van der Waals surface area contributed by atoms with Gasteiger partial charge in [-0.25, -0.2) is 0 Å². The lowest BCUT2D eigenvalue weighted by atomic mass is 10.3. The van der Waals surface area contributed by atoms with Crippen molar-refractivity contribution in [1.29, 1.82) is 0 Å². The summed E-state index contributed by atoms with van der Waals surface area (Å²) in [5.74, 6) is 0. The van der Waals surface area contributed by atoms with Crippen LogP contribution in [0.25, 0.3) is 0 Å². The monoisotopic (exact) mass is 292 g/mol. The van der Waals surface area contributed by atoms with E-state index < -0.39 is 0 Å². The summed E-state index contributed by atoms with van der Waals surface area (Å²) in [5, 5.41) is 3.51. The van der Waals surface area contributed by atoms with Crippen LogP contribution in [0, 0.1) is 0 Å². The minimum absolute atomic E-state index is 0.752. The van der Waals surface area contributed by atoms with Gasteiger partial charge in [0.25, 0.3) is 0 Å². The van der Waals surface area contributed by atoms with Crippen molar-refractivity contribution in [2.24, 2.45) is 4.99 Å². The minimum Gasteiger partial charge on any atom is -0.332 e. The normalized spacial score (nSPS) is 15.8. The summed E-state index contributed by atoms with van der Waals surface area (Å²) in [7, 11) is 0. The van der Waals surface area contributed by atoms with Crippen molar-refractivity contribution in [3.8, 4) is 0 Å². The first kappa shape index (κ1) is 17.9. The molecule has 0 aliphatic carbocycles. The van der Waals surface area contributed by atoms with Crippen molar-refractivity contribution < 1.29 is 0 Å². The Morgan fingerprint density at radius 3 is 2.71 bits per heavy atom. The highest BCUT2D eigenvalue weighted by Crippen LogP contribution is 2.09. The minimum atomic E-state index is 0.752. The molecule has 1 aliphatic heterocycles. The molecule has 0 amide bonds. The van der Waals surface area contributed by atoms with Gasteiger partial charge in [-0.15, -0.1) is 0 Å². The number of nitrogens with zero attached hydrogens (tertiary/aromatic N) is 3. The molecule has 0 aromatic heterocycles. The van der Waals surface area contributed by atoms with Crippen LogP contribution in [-0.4, -0.2) is 54.9 Å². The molecule has 0 radical (unpaired) electrons. The molecule has 0 spiro atoms. The third-order valence-corrected chi connectivity index (χ3v) is 3.84. The number of nitrogens with one attached hydrogen (secondary N) is 1. The van der Waals surface area contributed by atoms with E-state index in [1.165, 1.54) is 18.7 Å². The number of hydrogen-bond donors (Lipinski definition) is 1. The lowest BCUT2D eigenvalue weighted by Crippen LogP contribution is -2.27. The summed E-state index contributed by atoms with van der Waals surface area (Å²) < 4.78 is 0. The fourth-order valence-corrected chi connectivity index (χ4v) is 2.37. The first-order chi connectivity index (χ1) is 10.2. The van der Waals surface area contributed by atoms with Crippen LogP contribution in [0.2, 0.25) is 0 Å². The van der Waals surface area contributed by atoms with Crippen LogP contribution < -0.4 is 5.32 Å². The zero-order valence-corrected chi connectivity index (χ0v) is 14.2. The van der Waals surface area contributed by atoms with Crippen LogP contribution in [0.5, 0.6) is 0 Å². The molecule has 0 aromatic rings. The van der Waals surface area contributed by atoms with Gasteiger partial charge in [-0.2, -0.15) is 0 Å². The third kappa shape index (κ3) is 7.44. The standard InChI is InChI=1S/C17H32N4/c1-5-20(6-2)12-9-11-18-10-7-8-13-21-15-19-16(3)14-17(21)4/h8,13-14,18H,5-7,9-12,15H2,1-4H3/b13-8-. The molecule has 120 valence electrons. The van der Waals surface area contributed by atoms with Gasteiger partial charge >= 0.3 is 0 Å². The Morgan fingerprint density at radius 2 is 2.05 bits per heavy atom. The molecule has 0 fully saturated rings. The van der Waals surface area contributed by atoms with Crippen molar-refractivity contribution in [3.63, 3.8) is 0 Å². The summed E-state index contributed by atoms with van der Waals surface area (Å²) in [6.45, 7) is 15.1. The highest BCUT2D eigenvalue weighted by Gasteiger charge is 2.05. The van der Waals surface area contributed by atoms with Gasteiger partial charge in [-0.05, 0) is 65.5 Å². The van der Waals surface area contributed by atoms with Crippen LogP contribution >= 0.6 is 0 Å². The second kappa shape index (κ2) is 10.6. The van der Waals surface area contributed by atoms with Gasteiger partial charge in [0.1, 0.15) is 6.67 Å². The van der Waals surface area contributed by atoms with E-state index in [9.17, 15) is 0 Å². The van der Waals surface area contributed by atoms with E-state index in [1.807, 2.05) is 6.92 Å². The second-order valence-electron chi connectivity index (χ2n) is 5.50. The van der Waals surface area contributed by atoms with E-state index in [0.717, 1.165) is 45.0 Å². The maximum atomic E-state index is 4.43. The lowest BCUT2D eigenvalue weighted by molar-refractivity contribution is 0.298. The summed E-state index contributed by atoms with van der Waals surface area (Å²) in [6.07, 6.45) is 8.80. The molecule has 1 aliphatic rings. The molecule has 4 heteroatoms. The molecule has 1 rings (SSSR count). The zero-order chi connectivity index (χ0) is 15.5. The van der Waals surface area contributed by atoms with Crippen molar-refractivity contribution in [3.05, 3.63) is 24.0 Å². The maximum absolute atomic E-state index is 4.43. The Labute approximate surface area is 130 Å². The van der Waals surface area contributed by atoms with Gasteiger partial charge in [0.15, 0.2) is 0 Å². The van der Waals surface area contributed by atoms with Crippen LogP contribution in [0.4, 0.5) is 0 Å². The van der Waals surface area contributed by atoms with E-state index in [-0.39, 0.29) is 0 Å². The van der Waals surface area contributed by atoms with E-state index >= 15 is 0 Å². The van der Waals surface area contributed by atoms with Crippen molar-refractivity contribution in [2.45, 2.75) is 40.5 Å². The molecule has 0 atom stereocenters. The largest absolute Gasteiger partial charge is 0.332 e. The van der Waals surface area contributed by atoms with Gasteiger partial charge in [-0.3, -0.25) is 4.99 Å². The summed E-state index contributed by atoms with van der Waals surface area (Å²) in [5.41, 5.74) is 2.39. The predicted molar refractivity (Wildman–Crippen MR) is 92.6 cm³/mol. The topological polar surface area (TPSA) is 30.9 Å². The van der Waals surface area contributed by atoms with Crippen molar-refractivity contribution >= 4 is 5.71 Å². The predicted octanol–water partition coefficient (Wildman–Crippen LogP) is 2.85. The molecular weight excluding hydrogens is 260 g/mol. The Balaban J connectivity index is 2.04. The molecule has 4 nitrogen and oxygen atoms in total. The van der Waals surface area contributed by atoms with Crippen LogP contribution in [0.3, 0.4) is 0 Å². The second-order valence-corrected chi connectivity index (χ2v) is 5.50. The molecule has 0 saturated carbocycles. The molecule has 0 aromatic carbocycles. The summed E-state index contributed by atoms with van der Waals surface area (Å²) in [6, 6.07) is 0. The highest BCUT2D eigenvalue weighted by molar-refractivity contribution is 5.93. The third-order valence-electron chi connectivity index (χ3n) is 3.84. The molecule has 0 saturated heterocycles. The van der Waals surface area contributed by atoms with E-state index in [0.29, 0.717) is 0 Å². The van der Waals surface area contributed by atoms with Crippen LogP contribution in [0.1, 0.15) is 40.5 Å². The van der Waals surface area contributed by atoms with Gasteiger partial charge in [-0.1, -0.05) is 19.9 Å². The van der Waals surface area contributed by atoms with Crippen LogP contribution in [-0.2, 0) is 0 Å². The molecule has 0 unspecified atom stereocenters. The number of rotatable bonds is 10. The first-order valence-electron chi connectivity index (χ1n) is 8.23. The van der Waals surface area contributed by atoms with E-state index in [4.69, 9.17) is 0 Å². The maximum Gasteiger partial charge on any atom is 0.114 e. The van der Waals surface area contributed by atoms with Gasteiger partial charge in [0.2, 0.25) is 0 Å². The Bertz CT molecular complexity index is 367. The number of allylic oxidation sites excluding steroid dienone is 2. The van der Waals surface area contributed by atoms with Gasteiger partial charge in [0, 0.05) is 17.6 Å². The molecular formula is C17H32N4. The average molecular weight is 292 g/mol. The fraction of sp³-hybridized carbons (Fsp3) is 0.706. The number of hydrogen-bond acceptors (Lipinski definition) is 4.